The van der Waals surface area contributed by atoms with Crippen LogP contribution in [0.5, 0.6) is 5.75 Å². The Bertz CT molecular complexity index is 1430. The molecule has 0 saturated heterocycles. The SMILES string of the molecule is CCCCOc1cccc(C(=O)NC(=S)Nc2ccccc2C(=O)Nc2ccc(Nc3ccccc3)cc2)c1. The van der Waals surface area contributed by atoms with E-state index in [0.717, 1.165) is 24.2 Å². The van der Waals surface area contributed by atoms with E-state index in [4.69, 9.17) is 17.0 Å². The van der Waals surface area contributed by atoms with Crippen LogP contribution in [-0.2, 0) is 0 Å². The summed E-state index contributed by atoms with van der Waals surface area (Å²) in [5.41, 5.74) is 3.80. The van der Waals surface area contributed by atoms with Crippen molar-refractivity contribution in [2.75, 3.05) is 22.6 Å². The Kier molecular flexibility index (Phi) is 9.63. The largest absolute Gasteiger partial charge is 0.494 e. The van der Waals surface area contributed by atoms with Crippen LogP contribution < -0.4 is 26.0 Å². The summed E-state index contributed by atoms with van der Waals surface area (Å²) in [5, 5.41) is 11.9. The minimum atomic E-state index is -0.375. The molecule has 4 N–H and O–H groups in total. The highest BCUT2D eigenvalue weighted by Crippen LogP contribution is 2.21. The number of carbonyl (C=O) groups excluding carboxylic acids is 2. The lowest BCUT2D eigenvalue weighted by Gasteiger charge is -2.14. The van der Waals surface area contributed by atoms with Crippen molar-refractivity contribution in [1.29, 1.82) is 0 Å². The third-order valence-corrected chi connectivity index (χ3v) is 5.92. The normalized spacial score (nSPS) is 10.3. The molecule has 0 atom stereocenters. The van der Waals surface area contributed by atoms with Crippen LogP contribution in [0.1, 0.15) is 40.5 Å². The number of amides is 2. The second-order valence-corrected chi connectivity index (χ2v) is 9.11. The summed E-state index contributed by atoms with van der Waals surface area (Å²) in [6.45, 7) is 2.68. The van der Waals surface area contributed by atoms with Crippen molar-refractivity contribution < 1.29 is 14.3 Å². The standard InChI is InChI=1S/C31H30N4O3S/c1-2-3-20-38-26-13-9-10-22(21-26)29(36)35-31(39)34-28-15-8-7-14-27(28)30(37)33-25-18-16-24(17-19-25)32-23-11-5-4-6-12-23/h4-19,21,32H,2-3,20H2,1H3,(H,33,37)(H2,34,35,36,39). The minimum Gasteiger partial charge on any atom is -0.494 e. The van der Waals surface area contributed by atoms with Gasteiger partial charge in [0.1, 0.15) is 5.75 Å². The number of unbranched alkanes of at least 4 members (excludes halogenated alkanes) is 1. The van der Waals surface area contributed by atoms with Crippen LogP contribution in [0.4, 0.5) is 22.7 Å². The minimum absolute atomic E-state index is 0.0777. The lowest BCUT2D eigenvalue weighted by Crippen LogP contribution is -2.34. The molecule has 0 unspecified atom stereocenters. The summed E-state index contributed by atoms with van der Waals surface area (Å²) in [6.07, 6.45) is 1.96. The fraction of sp³-hybridized carbons (Fsp3) is 0.129. The number of thiocarbonyl (C=S) groups is 1. The van der Waals surface area contributed by atoms with Crippen LogP contribution in [0.2, 0.25) is 0 Å². The van der Waals surface area contributed by atoms with Gasteiger partial charge in [-0.3, -0.25) is 14.9 Å². The Balaban J connectivity index is 1.35. The maximum Gasteiger partial charge on any atom is 0.257 e. The first kappa shape index (κ1) is 27.3. The molecule has 0 spiro atoms. The molecular weight excluding hydrogens is 508 g/mol. The highest BCUT2D eigenvalue weighted by Gasteiger charge is 2.14. The monoisotopic (exact) mass is 538 g/mol. The molecule has 4 aromatic carbocycles. The first-order chi connectivity index (χ1) is 19.0. The van der Waals surface area contributed by atoms with Gasteiger partial charge in [0, 0.05) is 22.6 Å². The first-order valence-corrected chi connectivity index (χ1v) is 13.1. The van der Waals surface area contributed by atoms with Gasteiger partial charge in [0.05, 0.1) is 17.9 Å². The van der Waals surface area contributed by atoms with Gasteiger partial charge in [-0.15, -0.1) is 0 Å². The molecule has 8 heteroatoms. The molecular formula is C31H30N4O3S. The number of hydrogen-bond donors (Lipinski definition) is 4. The number of hydrogen-bond acceptors (Lipinski definition) is 5. The Morgan fingerprint density at radius 2 is 1.44 bits per heavy atom. The molecule has 4 rings (SSSR count). The quantitative estimate of drug-likeness (QED) is 0.129. The summed E-state index contributed by atoms with van der Waals surface area (Å²) < 4.78 is 5.69. The number of anilines is 4. The molecule has 0 aliphatic rings. The summed E-state index contributed by atoms with van der Waals surface area (Å²) >= 11 is 5.36. The van der Waals surface area contributed by atoms with Crippen LogP contribution in [0.25, 0.3) is 0 Å². The molecule has 0 heterocycles. The van der Waals surface area contributed by atoms with Gasteiger partial charge in [0.2, 0.25) is 0 Å². The Morgan fingerprint density at radius 1 is 0.744 bits per heavy atom. The average Bonchev–Trinajstić information content (AvgIpc) is 2.95. The van der Waals surface area contributed by atoms with Crippen molar-refractivity contribution in [2.24, 2.45) is 0 Å². The van der Waals surface area contributed by atoms with E-state index in [0.29, 0.717) is 34.9 Å². The summed E-state index contributed by atoms with van der Waals surface area (Å²) in [4.78, 5) is 25.8. The zero-order valence-electron chi connectivity index (χ0n) is 21.6. The average molecular weight is 539 g/mol. The number of rotatable bonds is 10. The topological polar surface area (TPSA) is 91.5 Å². The zero-order chi connectivity index (χ0) is 27.5. The fourth-order valence-electron chi connectivity index (χ4n) is 3.70. The van der Waals surface area contributed by atoms with Crippen molar-refractivity contribution in [3.8, 4) is 5.75 Å². The van der Waals surface area contributed by atoms with Crippen molar-refractivity contribution in [1.82, 2.24) is 5.32 Å². The van der Waals surface area contributed by atoms with Crippen LogP contribution >= 0.6 is 12.2 Å². The summed E-state index contributed by atoms with van der Waals surface area (Å²) in [6, 6.07) is 31.2. The Labute approximate surface area is 233 Å². The number of nitrogens with one attached hydrogen (secondary N) is 4. The number of ether oxygens (including phenoxy) is 1. The van der Waals surface area contributed by atoms with E-state index in [9.17, 15) is 9.59 Å². The second-order valence-electron chi connectivity index (χ2n) is 8.71. The molecule has 0 bridgehead atoms. The maximum absolute atomic E-state index is 13.1. The maximum atomic E-state index is 13.1. The Morgan fingerprint density at radius 3 is 2.21 bits per heavy atom. The molecule has 0 aromatic heterocycles. The van der Waals surface area contributed by atoms with E-state index >= 15 is 0 Å². The van der Waals surface area contributed by atoms with Gasteiger partial charge in [-0.05, 0) is 85.4 Å². The summed E-state index contributed by atoms with van der Waals surface area (Å²) in [7, 11) is 0. The summed E-state index contributed by atoms with van der Waals surface area (Å²) in [5.74, 6) is -0.0617. The fourth-order valence-corrected chi connectivity index (χ4v) is 3.91. The highest BCUT2D eigenvalue weighted by atomic mass is 32.1. The molecule has 0 fully saturated rings. The van der Waals surface area contributed by atoms with Gasteiger partial charge in [0.25, 0.3) is 11.8 Å². The smallest absolute Gasteiger partial charge is 0.257 e. The molecule has 0 aliphatic heterocycles. The number of carbonyl (C=O) groups is 2. The van der Waals surface area contributed by atoms with Crippen molar-refractivity contribution in [3.63, 3.8) is 0 Å². The molecule has 0 radical (unpaired) electrons. The van der Waals surface area contributed by atoms with Crippen molar-refractivity contribution in [2.45, 2.75) is 19.8 Å². The lowest BCUT2D eigenvalue weighted by atomic mass is 10.1. The van der Waals surface area contributed by atoms with Crippen molar-refractivity contribution >= 4 is 51.9 Å². The van der Waals surface area contributed by atoms with Gasteiger partial charge in [0.15, 0.2) is 5.11 Å². The van der Waals surface area contributed by atoms with Gasteiger partial charge >= 0.3 is 0 Å². The molecule has 0 saturated carbocycles. The predicted molar refractivity (Wildman–Crippen MR) is 161 cm³/mol. The number of para-hydroxylation sites is 2. The van der Waals surface area contributed by atoms with Crippen molar-refractivity contribution in [3.05, 3.63) is 114 Å². The van der Waals surface area contributed by atoms with Crippen LogP contribution in [-0.4, -0.2) is 23.5 Å². The van der Waals surface area contributed by atoms with E-state index in [2.05, 4.69) is 28.2 Å². The van der Waals surface area contributed by atoms with E-state index in [-0.39, 0.29) is 16.9 Å². The molecule has 198 valence electrons. The van der Waals surface area contributed by atoms with E-state index < -0.39 is 0 Å². The molecule has 0 aliphatic carbocycles. The van der Waals surface area contributed by atoms with Crippen LogP contribution in [0.15, 0.2) is 103 Å². The lowest BCUT2D eigenvalue weighted by molar-refractivity contribution is 0.0976. The molecule has 39 heavy (non-hydrogen) atoms. The highest BCUT2D eigenvalue weighted by molar-refractivity contribution is 7.80. The predicted octanol–water partition coefficient (Wildman–Crippen LogP) is 6.99. The molecule has 2 amide bonds. The van der Waals surface area contributed by atoms with E-state index in [1.807, 2.05) is 60.7 Å². The third-order valence-electron chi connectivity index (χ3n) is 5.72. The Hall–Kier alpha value is -4.69. The molecule has 7 nitrogen and oxygen atoms in total. The number of benzene rings is 4. The van der Waals surface area contributed by atoms with Gasteiger partial charge in [-0.1, -0.05) is 49.7 Å². The van der Waals surface area contributed by atoms with E-state index in [1.165, 1.54) is 0 Å². The van der Waals surface area contributed by atoms with Gasteiger partial charge in [-0.2, -0.15) is 0 Å². The van der Waals surface area contributed by atoms with E-state index in [1.54, 1.807) is 42.5 Å². The van der Waals surface area contributed by atoms with Gasteiger partial charge in [-0.25, -0.2) is 0 Å². The second kappa shape index (κ2) is 13.7. The van der Waals surface area contributed by atoms with Gasteiger partial charge < -0.3 is 20.7 Å². The zero-order valence-corrected chi connectivity index (χ0v) is 22.4. The van der Waals surface area contributed by atoms with Crippen LogP contribution in [0.3, 0.4) is 0 Å². The molecule has 4 aromatic rings. The first-order valence-electron chi connectivity index (χ1n) is 12.7. The van der Waals surface area contributed by atoms with Crippen LogP contribution in [0, 0.1) is 0 Å². The third kappa shape index (κ3) is 8.15.